The summed E-state index contributed by atoms with van der Waals surface area (Å²) in [4.78, 5) is 6.16. The van der Waals surface area contributed by atoms with E-state index in [1.807, 2.05) is 4.90 Å². The van der Waals surface area contributed by atoms with E-state index in [-0.39, 0.29) is 11.5 Å². The first-order chi connectivity index (χ1) is 11.2. The van der Waals surface area contributed by atoms with Gasteiger partial charge in [-0.15, -0.1) is 0 Å². The Morgan fingerprint density at radius 2 is 2.17 bits per heavy atom. The first-order valence-electron chi connectivity index (χ1n) is 7.74. The Hall–Kier alpha value is -1.96. The van der Waals surface area contributed by atoms with Crippen LogP contribution >= 0.6 is 0 Å². The second-order valence-corrected chi connectivity index (χ2v) is 9.14. The lowest BCUT2D eigenvalue weighted by molar-refractivity contribution is 0.353. The molecule has 2 rings (SSSR count). The van der Waals surface area contributed by atoms with Gasteiger partial charge in [-0.3, -0.25) is 4.99 Å². The van der Waals surface area contributed by atoms with E-state index in [9.17, 15) is 13.5 Å². The zero-order valence-corrected chi connectivity index (χ0v) is 15.4. The summed E-state index contributed by atoms with van der Waals surface area (Å²) in [7, 11) is 0.125. The van der Waals surface area contributed by atoms with Crippen LogP contribution in [0.4, 0.5) is 0 Å². The van der Waals surface area contributed by atoms with E-state index in [2.05, 4.69) is 10.3 Å². The molecule has 0 bridgehead atoms. The average molecular weight is 355 g/mol. The summed E-state index contributed by atoms with van der Waals surface area (Å²) >= 11 is 0. The lowest BCUT2D eigenvalue weighted by Crippen LogP contribution is -2.57. The summed E-state index contributed by atoms with van der Waals surface area (Å²) in [6.45, 7) is 4.60. The van der Waals surface area contributed by atoms with E-state index >= 15 is 0 Å². The highest BCUT2D eigenvalue weighted by molar-refractivity contribution is 7.92. The van der Waals surface area contributed by atoms with Crippen molar-refractivity contribution in [2.75, 3.05) is 33.0 Å². The molecule has 24 heavy (non-hydrogen) atoms. The summed E-state index contributed by atoms with van der Waals surface area (Å²) < 4.78 is 28.6. The minimum Gasteiger partial charge on any atom is -0.508 e. The van der Waals surface area contributed by atoms with Crippen LogP contribution in [0.5, 0.6) is 11.5 Å². The quantitative estimate of drug-likeness (QED) is 0.620. The van der Waals surface area contributed by atoms with Crippen molar-refractivity contribution in [2.45, 2.75) is 25.1 Å². The summed E-state index contributed by atoms with van der Waals surface area (Å²) in [5.74, 6) is 1.54. The number of rotatable bonds is 3. The number of aromatic hydroxyl groups is 1. The SMILES string of the molecule is CN=C(NCc1cc(OC)ccc1O)N1CCS(=O)(=O)C(C)(C)C1. The molecule has 1 aromatic rings. The second-order valence-electron chi connectivity index (χ2n) is 6.40. The zero-order valence-electron chi connectivity index (χ0n) is 14.5. The van der Waals surface area contributed by atoms with Crippen LogP contribution in [-0.2, 0) is 16.4 Å². The molecule has 2 N–H and O–H groups in total. The molecule has 1 aromatic carbocycles. The Kier molecular flexibility index (Phi) is 5.27. The van der Waals surface area contributed by atoms with Gasteiger partial charge in [-0.2, -0.15) is 0 Å². The number of nitrogens with one attached hydrogen (secondary N) is 1. The summed E-state index contributed by atoms with van der Waals surface area (Å²) in [6.07, 6.45) is 0. The van der Waals surface area contributed by atoms with Gasteiger partial charge in [0.1, 0.15) is 11.5 Å². The molecule has 0 amide bonds. The number of aliphatic imine (C=N–C) groups is 1. The van der Waals surface area contributed by atoms with Gasteiger partial charge in [0.05, 0.1) is 17.6 Å². The van der Waals surface area contributed by atoms with Crippen LogP contribution in [0.25, 0.3) is 0 Å². The van der Waals surface area contributed by atoms with E-state index in [0.717, 1.165) is 0 Å². The Bertz CT molecular complexity index is 729. The molecule has 0 spiro atoms. The molecule has 1 fully saturated rings. The molecule has 0 radical (unpaired) electrons. The smallest absolute Gasteiger partial charge is 0.193 e. The topological polar surface area (TPSA) is 91.2 Å². The van der Waals surface area contributed by atoms with Gasteiger partial charge in [0.25, 0.3) is 0 Å². The van der Waals surface area contributed by atoms with Gasteiger partial charge in [0, 0.05) is 32.2 Å². The van der Waals surface area contributed by atoms with Crippen molar-refractivity contribution in [3.63, 3.8) is 0 Å². The minimum absolute atomic E-state index is 0.102. The number of guanidine groups is 1. The molecule has 0 aliphatic carbocycles. The molecule has 0 aromatic heterocycles. The number of ether oxygens (including phenoxy) is 1. The highest BCUT2D eigenvalue weighted by atomic mass is 32.2. The number of phenolic OH excluding ortho intramolecular Hbond substituents is 1. The molecule has 1 heterocycles. The Morgan fingerprint density at radius 3 is 2.75 bits per heavy atom. The molecule has 8 heteroatoms. The van der Waals surface area contributed by atoms with Crippen LogP contribution in [-0.4, -0.2) is 62.1 Å². The van der Waals surface area contributed by atoms with Gasteiger partial charge in [-0.25, -0.2) is 8.42 Å². The molecule has 7 nitrogen and oxygen atoms in total. The third-order valence-corrected chi connectivity index (χ3v) is 6.81. The number of phenols is 1. The summed E-state index contributed by atoms with van der Waals surface area (Å²) in [6, 6.07) is 5.01. The predicted molar refractivity (Wildman–Crippen MR) is 94.3 cm³/mol. The van der Waals surface area contributed by atoms with Crippen LogP contribution < -0.4 is 10.1 Å². The maximum Gasteiger partial charge on any atom is 0.193 e. The minimum atomic E-state index is -3.10. The third kappa shape index (κ3) is 3.75. The van der Waals surface area contributed by atoms with Crippen LogP contribution in [0.15, 0.2) is 23.2 Å². The fourth-order valence-electron chi connectivity index (χ4n) is 2.66. The van der Waals surface area contributed by atoms with Crippen molar-refractivity contribution in [3.05, 3.63) is 23.8 Å². The fraction of sp³-hybridized carbons (Fsp3) is 0.562. The zero-order chi connectivity index (χ0) is 18.0. The number of methoxy groups -OCH3 is 1. The first-order valence-corrected chi connectivity index (χ1v) is 9.39. The maximum atomic E-state index is 12.1. The predicted octanol–water partition coefficient (Wildman–Crippen LogP) is 0.985. The standard InChI is InChI=1S/C16H25N3O4S/c1-16(2)11-19(7-8-24(16,21)22)15(17-3)18-10-12-9-13(23-4)5-6-14(12)20/h5-6,9,20H,7-8,10-11H2,1-4H3,(H,17,18). The molecule has 1 saturated heterocycles. The highest BCUT2D eigenvalue weighted by Gasteiger charge is 2.40. The van der Waals surface area contributed by atoms with E-state index < -0.39 is 14.6 Å². The number of hydrogen-bond donors (Lipinski definition) is 2. The fourth-order valence-corrected chi connectivity index (χ4v) is 4.03. The molecule has 1 aliphatic heterocycles. The largest absolute Gasteiger partial charge is 0.508 e. The van der Waals surface area contributed by atoms with Crippen molar-refractivity contribution < 1.29 is 18.3 Å². The average Bonchev–Trinajstić information content (AvgIpc) is 2.53. The van der Waals surface area contributed by atoms with Crippen molar-refractivity contribution >= 4 is 15.8 Å². The van der Waals surface area contributed by atoms with Gasteiger partial charge in [-0.1, -0.05) is 0 Å². The lowest BCUT2D eigenvalue weighted by Gasteiger charge is -2.39. The van der Waals surface area contributed by atoms with E-state index in [0.29, 0.717) is 36.9 Å². The molecule has 134 valence electrons. The van der Waals surface area contributed by atoms with Crippen LogP contribution in [0.3, 0.4) is 0 Å². The van der Waals surface area contributed by atoms with Gasteiger partial charge >= 0.3 is 0 Å². The van der Waals surface area contributed by atoms with Crippen molar-refractivity contribution in [2.24, 2.45) is 4.99 Å². The van der Waals surface area contributed by atoms with Gasteiger partial charge in [-0.05, 0) is 32.0 Å². The van der Waals surface area contributed by atoms with Gasteiger partial charge in [0.2, 0.25) is 0 Å². The molecule has 1 aliphatic rings. The normalized spacial score (nSPS) is 19.8. The summed E-state index contributed by atoms with van der Waals surface area (Å²) in [5, 5.41) is 13.1. The number of hydrogen-bond acceptors (Lipinski definition) is 5. The van der Waals surface area contributed by atoms with Crippen molar-refractivity contribution in [1.82, 2.24) is 10.2 Å². The van der Waals surface area contributed by atoms with Crippen molar-refractivity contribution in [3.8, 4) is 11.5 Å². The Balaban J connectivity index is 2.09. The Labute approximate surface area is 143 Å². The molecule has 0 saturated carbocycles. The number of nitrogens with zero attached hydrogens (tertiary/aromatic N) is 2. The molecule has 0 atom stereocenters. The van der Waals surface area contributed by atoms with Crippen LogP contribution in [0.2, 0.25) is 0 Å². The second kappa shape index (κ2) is 6.88. The van der Waals surface area contributed by atoms with E-state index in [1.54, 1.807) is 46.2 Å². The lowest BCUT2D eigenvalue weighted by atomic mass is 10.2. The molecule has 0 unspecified atom stereocenters. The van der Waals surface area contributed by atoms with Crippen molar-refractivity contribution in [1.29, 1.82) is 0 Å². The Morgan fingerprint density at radius 1 is 1.46 bits per heavy atom. The first kappa shape index (κ1) is 18.4. The number of sulfone groups is 1. The third-order valence-electron chi connectivity index (χ3n) is 4.28. The monoisotopic (exact) mass is 355 g/mol. The van der Waals surface area contributed by atoms with Crippen LogP contribution in [0.1, 0.15) is 19.4 Å². The maximum absolute atomic E-state index is 12.1. The van der Waals surface area contributed by atoms with Gasteiger partial charge in [0.15, 0.2) is 15.8 Å². The highest BCUT2D eigenvalue weighted by Crippen LogP contribution is 2.25. The number of benzene rings is 1. The van der Waals surface area contributed by atoms with Gasteiger partial charge < -0.3 is 20.1 Å². The molecular formula is C16H25N3O4S. The van der Waals surface area contributed by atoms with E-state index in [1.165, 1.54) is 0 Å². The molecular weight excluding hydrogens is 330 g/mol. The van der Waals surface area contributed by atoms with E-state index in [4.69, 9.17) is 4.74 Å². The summed E-state index contributed by atoms with van der Waals surface area (Å²) in [5.41, 5.74) is 0.680. The van der Waals surface area contributed by atoms with Crippen LogP contribution in [0, 0.1) is 0 Å².